The maximum absolute atomic E-state index is 12.8. The van der Waals surface area contributed by atoms with Crippen molar-refractivity contribution in [2.24, 2.45) is 0 Å². The van der Waals surface area contributed by atoms with Gasteiger partial charge < -0.3 is 10.2 Å². The van der Waals surface area contributed by atoms with Crippen LogP contribution in [0.3, 0.4) is 0 Å². The Labute approximate surface area is 171 Å². The molecule has 0 heterocycles. The first-order chi connectivity index (χ1) is 13.8. The van der Waals surface area contributed by atoms with E-state index in [0.717, 1.165) is 44.5 Å². The van der Waals surface area contributed by atoms with Crippen LogP contribution in [0.1, 0.15) is 63.9 Å². The molecule has 0 saturated heterocycles. The normalized spacial score (nSPS) is 10.6. The third-order valence-corrected chi connectivity index (χ3v) is 5.08. The Morgan fingerprint density at radius 3 is 2.00 bits per heavy atom. The molecule has 0 atom stereocenters. The van der Waals surface area contributed by atoms with Crippen LogP contribution in [0.15, 0.2) is 60.7 Å². The van der Waals surface area contributed by atoms with Gasteiger partial charge in [0.05, 0.1) is 0 Å². The average Bonchev–Trinajstić information content (AvgIpc) is 2.73. The predicted molar refractivity (Wildman–Crippen MR) is 120 cm³/mol. The Hall–Kier alpha value is -2.29. The summed E-state index contributed by atoms with van der Waals surface area (Å²) in [7, 11) is 0. The van der Waals surface area contributed by atoms with Crippen LogP contribution in [0.25, 0.3) is 0 Å². The molecule has 0 bridgehead atoms. The minimum Gasteiger partial charge on any atom is -0.325 e. The van der Waals surface area contributed by atoms with Crippen molar-refractivity contribution in [3.05, 3.63) is 66.2 Å². The molecule has 0 saturated carbocycles. The minimum atomic E-state index is 0.0273. The number of anilines is 1. The summed E-state index contributed by atoms with van der Waals surface area (Å²) < 4.78 is 0. The van der Waals surface area contributed by atoms with E-state index in [-0.39, 0.29) is 6.03 Å². The van der Waals surface area contributed by atoms with Gasteiger partial charge in [-0.2, -0.15) is 0 Å². The summed E-state index contributed by atoms with van der Waals surface area (Å²) in [6, 6.07) is 20.4. The lowest BCUT2D eigenvalue weighted by molar-refractivity contribution is 0.209. The molecule has 2 rings (SSSR count). The van der Waals surface area contributed by atoms with Crippen molar-refractivity contribution in [3.8, 4) is 0 Å². The standard InChI is InChI=1S/C25H36N2O/c1-2-3-4-5-6-14-21-27(25(28)26-24-19-11-8-12-20-24)22-15-13-18-23-16-9-7-10-17-23/h7-12,16-17,19-20H,2-6,13-15,18,21-22H2,1H3,(H,26,28). The molecule has 0 aliphatic heterocycles. The molecule has 0 radical (unpaired) electrons. The number of carbonyl (C=O) groups excluding carboxylic acids is 1. The van der Waals surface area contributed by atoms with Gasteiger partial charge in [0.15, 0.2) is 0 Å². The Bertz CT molecular complexity index is 642. The Kier molecular flexibility index (Phi) is 10.9. The van der Waals surface area contributed by atoms with Crippen molar-refractivity contribution in [3.63, 3.8) is 0 Å². The number of nitrogens with one attached hydrogen (secondary N) is 1. The molecule has 0 fully saturated rings. The molecular weight excluding hydrogens is 344 g/mol. The van der Waals surface area contributed by atoms with Gasteiger partial charge in [0.1, 0.15) is 0 Å². The number of hydrogen-bond donors (Lipinski definition) is 1. The van der Waals surface area contributed by atoms with Crippen molar-refractivity contribution in [2.45, 2.75) is 64.7 Å². The quantitative estimate of drug-likeness (QED) is 0.376. The summed E-state index contributed by atoms with van der Waals surface area (Å²) in [5.74, 6) is 0. The SMILES string of the molecule is CCCCCCCCN(CCCCc1ccccc1)C(=O)Nc1ccccc1. The van der Waals surface area contributed by atoms with Gasteiger partial charge in [-0.1, -0.05) is 87.6 Å². The molecule has 0 aliphatic rings. The van der Waals surface area contributed by atoms with Crippen LogP contribution in [-0.2, 0) is 6.42 Å². The number of aryl methyl sites for hydroxylation is 1. The number of unbranched alkanes of at least 4 members (excludes halogenated alkanes) is 6. The highest BCUT2D eigenvalue weighted by atomic mass is 16.2. The number of para-hydroxylation sites is 1. The van der Waals surface area contributed by atoms with E-state index in [1.165, 1.54) is 37.7 Å². The van der Waals surface area contributed by atoms with Crippen molar-refractivity contribution >= 4 is 11.7 Å². The van der Waals surface area contributed by atoms with E-state index in [0.29, 0.717) is 0 Å². The van der Waals surface area contributed by atoms with Crippen LogP contribution >= 0.6 is 0 Å². The molecule has 1 N–H and O–H groups in total. The fourth-order valence-electron chi connectivity index (χ4n) is 3.40. The van der Waals surface area contributed by atoms with Crippen LogP contribution in [0.5, 0.6) is 0 Å². The van der Waals surface area contributed by atoms with Crippen LogP contribution in [0.2, 0.25) is 0 Å². The van der Waals surface area contributed by atoms with Gasteiger partial charge in [-0.3, -0.25) is 0 Å². The Morgan fingerprint density at radius 2 is 1.32 bits per heavy atom. The fraction of sp³-hybridized carbons (Fsp3) is 0.480. The molecule has 0 aliphatic carbocycles. The molecule has 2 aromatic rings. The van der Waals surface area contributed by atoms with Crippen LogP contribution < -0.4 is 5.32 Å². The average molecular weight is 381 g/mol. The molecule has 152 valence electrons. The molecule has 0 spiro atoms. The highest BCUT2D eigenvalue weighted by molar-refractivity contribution is 5.89. The number of carbonyl (C=O) groups is 1. The van der Waals surface area contributed by atoms with E-state index in [2.05, 4.69) is 42.6 Å². The molecule has 28 heavy (non-hydrogen) atoms. The van der Waals surface area contributed by atoms with Gasteiger partial charge in [0.25, 0.3) is 0 Å². The zero-order chi connectivity index (χ0) is 19.9. The van der Waals surface area contributed by atoms with Crippen LogP contribution in [0.4, 0.5) is 10.5 Å². The molecular formula is C25H36N2O. The first kappa shape index (κ1) is 22.0. The Morgan fingerprint density at radius 1 is 0.750 bits per heavy atom. The lowest BCUT2D eigenvalue weighted by Crippen LogP contribution is -2.36. The molecule has 2 amide bonds. The van der Waals surface area contributed by atoms with Crippen LogP contribution in [-0.4, -0.2) is 24.0 Å². The van der Waals surface area contributed by atoms with E-state index in [1.807, 2.05) is 35.2 Å². The van der Waals surface area contributed by atoms with E-state index in [4.69, 9.17) is 0 Å². The molecule has 3 heteroatoms. The number of nitrogens with zero attached hydrogens (tertiary/aromatic N) is 1. The van der Waals surface area contributed by atoms with Gasteiger partial charge in [-0.25, -0.2) is 4.79 Å². The molecule has 2 aromatic carbocycles. The highest BCUT2D eigenvalue weighted by Gasteiger charge is 2.13. The third-order valence-electron chi connectivity index (χ3n) is 5.08. The van der Waals surface area contributed by atoms with Crippen molar-refractivity contribution < 1.29 is 4.79 Å². The topological polar surface area (TPSA) is 32.3 Å². The Balaban J connectivity index is 1.77. The van der Waals surface area contributed by atoms with E-state index in [9.17, 15) is 4.79 Å². The van der Waals surface area contributed by atoms with Crippen molar-refractivity contribution in [1.82, 2.24) is 4.90 Å². The summed E-state index contributed by atoms with van der Waals surface area (Å²) >= 11 is 0. The zero-order valence-corrected chi connectivity index (χ0v) is 17.4. The smallest absolute Gasteiger partial charge is 0.321 e. The van der Waals surface area contributed by atoms with Crippen LogP contribution in [0, 0.1) is 0 Å². The van der Waals surface area contributed by atoms with Crippen molar-refractivity contribution in [2.75, 3.05) is 18.4 Å². The first-order valence-corrected chi connectivity index (χ1v) is 10.9. The summed E-state index contributed by atoms with van der Waals surface area (Å²) in [5, 5.41) is 3.05. The van der Waals surface area contributed by atoms with Gasteiger partial charge >= 0.3 is 6.03 Å². The van der Waals surface area contributed by atoms with E-state index < -0.39 is 0 Å². The summed E-state index contributed by atoms with van der Waals surface area (Å²) in [4.78, 5) is 14.8. The third kappa shape index (κ3) is 9.07. The second kappa shape index (κ2) is 13.8. The lowest BCUT2D eigenvalue weighted by Gasteiger charge is -2.23. The predicted octanol–water partition coefficient (Wildman–Crippen LogP) is 6.90. The number of hydrogen-bond acceptors (Lipinski definition) is 1. The minimum absolute atomic E-state index is 0.0273. The summed E-state index contributed by atoms with van der Waals surface area (Å²) in [6.07, 6.45) is 10.7. The number of rotatable bonds is 13. The van der Waals surface area contributed by atoms with Crippen molar-refractivity contribution in [1.29, 1.82) is 0 Å². The monoisotopic (exact) mass is 380 g/mol. The zero-order valence-electron chi connectivity index (χ0n) is 17.4. The summed E-state index contributed by atoms with van der Waals surface area (Å²) in [6.45, 7) is 3.90. The lowest BCUT2D eigenvalue weighted by atomic mass is 10.1. The molecule has 0 unspecified atom stereocenters. The number of urea groups is 1. The van der Waals surface area contributed by atoms with Gasteiger partial charge in [0.2, 0.25) is 0 Å². The number of amides is 2. The highest BCUT2D eigenvalue weighted by Crippen LogP contribution is 2.11. The van der Waals surface area contributed by atoms with E-state index >= 15 is 0 Å². The maximum Gasteiger partial charge on any atom is 0.321 e. The fourth-order valence-corrected chi connectivity index (χ4v) is 3.40. The molecule has 0 aromatic heterocycles. The van der Waals surface area contributed by atoms with Gasteiger partial charge in [-0.05, 0) is 43.4 Å². The number of benzene rings is 2. The second-order valence-corrected chi connectivity index (χ2v) is 7.49. The first-order valence-electron chi connectivity index (χ1n) is 10.9. The largest absolute Gasteiger partial charge is 0.325 e. The maximum atomic E-state index is 12.8. The van der Waals surface area contributed by atoms with E-state index in [1.54, 1.807) is 0 Å². The van der Waals surface area contributed by atoms with Gasteiger partial charge in [-0.15, -0.1) is 0 Å². The molecule has 3 nitrogen and oxygen atoms in total. The van der Waals surface area contributed by atoms with Gasteiger partial charge in [0, 0.05) is 18.8 Å². The second-order valence-electron chi connectivity index (χ2n) is 7.49. The summed E-state index contributed by atoms with van der Waals surface area (Å²) in [5.41, 5.74) is 2.24.